The van der Waals surface area contributed by atoms with E-state index < -0.39 is 57.8 Å². The van der Waals surface area contributed by atoms with Gasteiger partial charge in [-0.3, -0.25) is 23.4 Å². The summed E-state index contributed by atoms with van der Waals surface area (Å²) in [7, 11) is -4.76. The predicted molar refractivity (Wildman–Crippen MR) is 307 cm³/mol. The smallest absolute Gasteiger partial charge is 0.462 e. The number of phosphoric ester groups is 1. The first kappa shape index (κ1) is 71.2. The molecule has 0 saturated carbocycles. The number of allylic oxidation sites excluding steroid dienone is 10. The summed E-state index contributed by atoms with van der Waals surface area (Å²) >= 11 is 0. The lowest BCUT2D eigenvalue weighted by atomic mass is 10.0. The van der Waals surface area contributed by atoms with E-state index in [1.807, 2.05) is 0 Å². The number of hydrogen-bond donors (Lipinski definition) is 2. The zero-order chi connectivity index (χ0) is 54.1. The number of esters is 3. The van der Waals surface area contributed by atoms with E-state index in [4.69, 9.17) is 23.3 Å². The summed E-state index contributed by atoms with van der Waals surface area (Å²) in [5.74, 6) is -1.49. The summed E-state index contributed by atoms with van der Waals surface area (Å²) in [5, 5.41) is 9.83. The highest BCUT2D eigenvalue weighted by Crippen LogP contribution is 2.43. The summed E-state index contributed by atoms with van der Waals surface area (Å²) in [6.07, 6.45) is 61.7. The van der Waals surface area contributed by atoms with Gasteiger partial charge in [0, 0.05) is 19.3 Å². The molecule has 0 spiro atoms. The molecule has 12 heteroatoms. The largest absolute Gasteiger partial charge is 0.472 e. The maximum Gasteiger partial charge on any atom is 0.472 e. The second-order valence-corrected chi connectivity index (χ2v) is 21.6. The standard InChI is InChI=1S/C62H111O11P/c1-4-7-10-13-16-19-22-25-28-29-32-35-38-41-44-47-50-53-62(66)73-59(55-69-60(64)51-48-45-42-39-36-33-30-26-23-20-17-14-11-8-5-2)57-71-74(67,68)70-56-58(54-63)72-61(65)52-49-46-43-40-37-34-31-27-24-21-18-15-12-9-6-3/h7,10,16,19,25-26,28,30,32,35,58-59,63H,4-6,8-9,11-15,17-18,20-24,27,29,31,33-34,36-57H2,1-3H3,(H,67,68)/b10-7-,19-16-,28-25-,30-26-,35-32-. The van der Waals surface area contributed by atoms with Gasteiger partial charge >= 0.3 is 25.7 Å². The quantitative estimate of drug-likeness (QED) is 0.0197. The van der Waals surface area contributed by atoms with Crippen LogP contribution >= 0.6 is 7.82 Å². The van der Waals surface area contributed by atoms with Crippen molar-refractivity contribution in [1.29, 1.82) is 0 Å². The average molecular weight is 1060 g/mol. The minimum absolute atomic E-state index is 0.138. The topological polar surface area (TPSA) is 155 Å². The summed E-state index contributed by atoms with van der Waals surface area (Å²) in [6.45, 7) is 4.53. The molecule has 74 heavy (non-hydrogen) atoms. The van der Waals surface area contributed by atoms with Crippen molar-refractivity contribution in [3.63, 3.8) is 0 Å². The lowest BCUT2D eigenvalue weighted by molar-refractivity contribution is -0.161. The Bertz CT molecular complexity index is 1470. The van der Waals surface area contributed by atoms with Crippen molar-refractivity contribution in [3.05, 3.63) is 60.8 Å². The molecule has 0 aromatic heterocycles. The Morgan fingerprint density at radius 1 is 0.392 bits per heavy atom. The molecule has 0 bridgehead atoms. The Kier molecular flexibility index (Phi) is 54.2. The van der Waals surface area contributed by atoms with Gasteiger partial charge in [0.05, 0.1) is 19.8 Å². The van der Waals surface area contributed by atoms with Crippen LogP contribution in [0.5, 0.6) is 0 Å². The van der Waals surface area contributed by atoms with E-state index in [-0.39, 0.29) is 25.9 Å². The van der Waals surface area contributed by atoms with Gasteiger partial charge in [-0.1, -0.05) is 236 Å². The Hall–Kier alpha value is -2.82. The fourth-order valence-electron chi connectivity index (χ4n) is 8.34. The van der Waals surface area contributed by atoms with Crippen LogP contribution in [0.25, 0.3) is 0 Å². The third kappa shape index (κ3) is 54.0. The Morgan fingerprint density at radius 3 is 1.09 bits per heavy atom. The number of aliphatic hydroxyl groups is 1. The van der Waals surface area contributed by atoms with Crippen molar-refractivity contribution in [2.24, 2.45) is 0 Å². The van der Waals surface area contributed by atoms with E-state index in [0.717, 1.165) is 109 Å². The van der Waals surface area contributed by atoms with Crippen LogP contribution in [0.3, 0.4) is 0 Å². The molecule has 430 valence electrons. The summed E-state index contributed by atoms with van der Waals surface area (Å²) in [4.78, 5) is 48.6. The highest BCUT2D eigenvalue weighted by Gasteiger charge is 2.28. The van der Waals surface area contributed by atoms with Crippen molar-refractivity contribution in [2.45, 2.75) is 290 Å². The number of phosphoric acid groups is 1. The number of rotatable bonds is 56. The molecule has 0 fully saturated rings. The van der Waals surface area contributed by atoms with Gasteiger partial charge in [0.1, 0.15) is 12.7 Å². The molecule has 3 atom stereocenters. The minimum Gasteiger partial charge on any atom is -0.462 e. The second-order valence-electron chi connectivity index (χ2n) is 20.1. The number of unbranched alkanes of at least 4 members (excludes halogenated alkanes) is 29. The molecule has 0 saturated heterocycles. The lowest BCUT2D eigenvalue weighted by Crippen LogP contribution is -2.30. The van der Waals surface area contributed by atoms with Crippen LogP contribution in [0, 0.1) is 0 Å². The van der Waals surface area contributed by atoms with Crippen LogP contribution in [-0.2, 0) is 42.2 Å². The summed E-state index contributed by atoms with van der Waals surface area (Å²) in [5.41, 5.74) is 0. The first-order valence-corrected chi connectivity index (χ1v) is 31.7. The zero-order valence-corrected chi connectivity index (χ0v) is 48.5. The third-order valence-electron chi connectivity index (χ3n) is 12.9. The summed E-state index contributed by atoms with van der Waals surface area (Å²) in [6, 6.07) is 0. The lowest BCUT2D eigenvalue weighted by Gasteiger charge is -2.21. The van der Waals surface area contributed by atoms with E-state index >= 15 is 0 Å². The maximum atomic E-state index is 12.9. The number of carbonyl (C=O) groups is 3. The van der Waals surface area contributed by atoms with E-state index in [1.165, 1.54) is 109 Å². The summed E-state index contributed by atoms with van der Waals surface area (Å²) < 4.78 is 39.6. The maximum absolute atomic E-state index is 12.9. The van der Waals surface area contributed by atoms with Gasteiger partial charge in [-0.15, -0.1) is 0 Å². The minimum atomic E-state index is -4.76. The van der Waals surface area contributed by atoms with Crippen molar-refractivity contribution in [3.8, 4) is 0 Å². The molecule has 0 aliphatic carbocycles. The van der Waals surface area contributed by atoms with E-state index in [9.17, 15) is 28.9 Å². The van der Waals surface area contributed by atoms with Gasteiger partial charge in [-0.25, -0.2) is 4.57 Å². The van der Waals surface area contributed by atoms with Crippen LogP contribution in [0.2, 0.25) is 0 Å². The van der Waals surface area contributed by atoms with Crippen LogP contribution in [0.15, 0.2) is 60.8 Å². The van der Waals surface area contributed by atoms with Crippen LogP contribution in [0.4, 0.5) is 0 Å². The van der Waals surface area contributed by atoms with Gasteiger partial charge in [0.2, 0.25) is 0 Å². The first-order valence-electron chi connectivity index (χ1n) is 30.2. The number of aliphatic hydroxyl groups excluding tert-OH is 1. The average Bonchev–Trinajstić information content (AvgIpc) is 3.39. The van der Waals surface area contributed by atoms with Crippen LogP contribution in [0.1, 0.15) is 278 Å². The Labute approximate surface area is 453 Å². The Balaban J connectivity index is 4.74. The van der Waals surface area contributed by atoms with Crippen molar-refractivity contribution in [1.82, 2.24) is 0 Å². The normalized spacial score (nSPS) is 13.7. The fraction of sp³-hybridized carbons (Fsp3) is 0.790. The first-order chi connectivity index (χ1) is 36.2. The molecule has 0 aromatic carbocycles. The molecule has 0 aliphatic rings. The number of carbonyl (C=O) groups excluding carboxylic acids is 3. The number of hydrogen-bond acceptors (Lipinski definition) is 10. The predicted octanol–water partition coefficient (Wildman–Crippen LogP) is 17.9. The molecular weight excluding hydrogens is 952 g/mol. The van der Waals surface area contributed by atoms with E-state index in [2.05, 4.69) is 81.5 Å². The highest BCUT2D eigenvalue weighted by molar-refractivity contribution is 7.47. The molecule has 0 radical (unpaired) electrons. The molecule has 0 heterocycles. The molecule has 3 unspecified atom stereocenters. The highest BCUT2D eigenvalue weighted by atomic mass is 31.2. The van der Waals surface area contributed by atoms with Crippen molar-refractivity contribution in [2.75, 3.05) is 26.4 Å². The van der Waals surface area contributed by atoms with Crippen molar-refractivity contribution < 1.29 is 52.2 Å². The van der Waals surface area contributed by atoms with Gasteiger partial charge in [-0.05, 0) is 83.5 Å². The Morgan fingerprint density at radius 2 is 0.703 bits per heavy atom. The molecule has 0 rings (SSSR count). The molecule has 11 nitrogen and oxygen atoms in total. The van der Waals surface area contributed by atoms with E-state index in [0.29, 0.717) is 19.3 Å². The zero-order valence-electron chi connectivity index (χ0n) is 47.6. The second kappa shape index (κ2) is 56.4. The van der Waals surface area contributed by atoms with Gasteiger partial charge < -0.3 is 24.2 Å². The van der Waals surface area contributed by atoms with Gasteiger partial charge in [0.15, 0.2) is 6.10 Å². The third-order valence-corrected chi connectivity index (χ3v) is 13.9. The molecule has 0 amide bonds. The molecule has 2 N–H and O–H groups in total. The molecule has 0 aliphatic heterocycles. The van der Waals surface area contributed by atoms with Crippen LogP contribution < -0.4 is 0 Å². The SMILES string of the molecule is CC/C=C\C/C=C\C/C=C\C/C=C\CCCCCCC(=O)OC(COC(=O)CCCCCCC/C=C\CCCCCCCC)COP(=O)(O)OCC(CO)OC(=O)CCCCCCCCCCCCCCCCC. The molecule has 0 aromatic rings. The van der Waals surface area contributed by atoms with E-state index in [1.54, 1.807) is 0 Å². The van der Waals surface area contributed by atoms with Gasteiger partial charge in [-0.2, -0.15) is 0 Å². The fourth-order valence-corrected chi connectivity index (χ4v) is 9.13. The van der Waals surface area contributed by atoms with Crippen LogP contribution in [-0.4, -0.2) is 66.5 Å². The van der Waals surface area contributed by atoms with Crippen molar-refractivity contribution >= 4 is 25.7 Å². The van der Waals surface area contributed by atoms with Gasteiger partial charge in [0.25, 0.3) is 0 Å². The number of ether oxygens (including phenoxy) is 3. The molecular formula is C62H111O11P. The monoisotopic (exact) mass is 1060 g/mol.